The molecule has 2 nitrogen and oxygen atoms in total. The molecule has 0 unspecified atom stereocenters. The molecular formula is C4HClF4N2. The largest absolute Gasteiger partial charge is 0.434 e. The van der Waals surface area contributed by atoms with Crippen molar-refractivity contribution >= 4 is 11.6 Å². The second-order valence-corrected chi connectivity index (χ2v) is 2.08. The lowest BCUT2D eigenvalue weighted by atomic mass is 10.4. The molecule has 0 fully saturated rings. The van der Waals surface area contributed by atoms with Crippen LogP contribution in [0.25, 0.3) is 0 Å². The number of aromatic nitrogens is 2. The third-order valence-corrected chi connectivity index (χ3v) is 1.29. The molecular weight excluding hydrogens is 188 g/mol. The zero-order valence-electron chi connectivity index (χ0n) is 4.84. The molecule has 11 heavy (non-hydrogen) atoms. The van der Waals surface area contributed by atoms with Crippen molar-refractivity contribution < 1.29 is 17.6 Å². The van der Waals surface area contributed by atoms with Gasteiger partial charge in [0.1, 0.15) is 5.02 Å². The van der Waals surface area contributed by atoms with Crippen LogP contribution in [0.3, 0.4) is 0 Å². The van der Waals surface area contributed by atoms with E-state index >= 15 is 0 Å². The fourth-order valence-electron chi connectivity index (χ4n) is 0.494. The predicted octanol–water partition coefficient (Wildman–Crippen LogP) is 2.22. The first-order valence-electron chi connectivity index (χ1n) is 2.39. The zero-order chi connectivity index (χ0) is 8.65. The number of halogens is 5. The highest BCUT2D eigenvalue weighted by atomic mass is 35.5. The number of nitrogens with zero attached hydrogens (tertiary/aromatic N) is 1. The van der Waals surface area contributed by atoms with Gasteiger partial charge >= 0.3 is 6.18 Å². The van der Waals surface area contributed by atoms with Crippen molar-refractivity contribution in [3.8, 4) is 0 Å². The number of hydrogen-bond acceptors (Lipinski definition) is 1. The Morgan fingerprint density at radius 2 is 1.91 bits per heavy atom. The van der Waals surface area contributed by atoms with Crippen LogP contribution < -0.4 is 0 Å². The van der Waals surface area contributed by atoms with Crippen molar-refractivity contribution in [3.05, 3.63) is 16.7 Å². The van der Waals surface area contributed by atoms with E-state index in [-0.39, 0.29) is 0 Å². The van der Waals surface area contributed by atoms with E-state index in [1.807, 2.05) is 0 Å². The van der Waals surface area contributed by atoms with E-state index in [4.69, 9.17) is 11.6 Å². The molecule has 0 spiro atoms. The van der Waals surface area contributed by atoms with E-state index < -0.39 is 22.8 Å². The summed E-state index contributed by atoms with van der Waals surface area (Å²) in [6.07, 6.45) is -4.69. The van der Waals surface area contributed by atoms with Crippen LogP contribution in [0, 0.1) is 5.95 Å². The van der Waals surface area contributed by atoms with Crippen molar-refractivity contribution in [1.82, 2.24) is 10.2 Å². The topological polar surface area (TPSA) is 28.7 Å². The van der Waals surface area contributed by atoms with E-state index in [1.165, 1.54) is 5.10 Å². The summed E-state index contributed by atoms with van der Waals surface area (Å²) in [6, 6.07) is 0. The summed E-state index contributed by atoms with van der Waals surface area (Å²) in [4.78, 5) is 0. The lowest BCUT2D eigenvalue weighted by Gasteiger charge is -2.01. The first-order valence-corrected chi connectivity index (χ1v) is 2.77. The van der Waals surface area contributed by atoms with Gasteiger partial charge in [-0.1, -0.05) is 11.6 Å². The Morgan fingerprint density at radius 3 is 2.09 bits per heavy atom. The first kappa shape index (κ1) is 8.32. The van der Waals surface area contributed by atoms with Crippen LogP contribution in [-0.4, -0.2) is 10.2 Å². The van der Waals surface area contributed by atoms with Crippen LogP contribution in [0.15, 0.2) is 0 Å². The Balaban J connectivity index is 3.15. The zero-order valence-corrected chi connectivity index (χ0v) is 5.59. The monoisotopic (exact) mass is 188 g/mol. The molecule has 0 saturated heterocycles. The maximum atomic E-state index is 12.1. The van der Waals surface area contributed by atoms with Crippen molar-refractivity contribution in [1.29, 1.82) is 0 Å². The SMILES string of the molecule is Fc1n[nH]c(C(F)(F)F)c1Cl. The van der Waals surface area contributed by atoms with Crippen molar-refractivity contribution in [3.63, 3.8) is 0 Å². The van der Waals surface area contributed by atoms with Gasteiger partial charge in [0.25, 0.3) is 5.95 Å². The molecule has 0 radical (unpaired) electrons. The molecule has 0 atom stereocenters. The molecule has 0 saturated carbocycles. The van der Waals surface area contributed by atoms with Gasteiger partial charge < -0.3 is 0 Å². The van der Waals surface area contributed by atoms with Gasteiger partial charge in [0.05, 0.1) is 0 Å². The summed E-state index contributed by atoms with van der Waals surface area (Å²) in [5.41, 5.74) is -1.36. The summed E-state index contributed by atoms with van der Waals surface area (Å²) in [7, 11) is 0. The first-order chi connectivity index (χ1) is 4.93. The Labute approximate surface area is 63.2 Å². The number of H-pyrrole nitrogens is 1. The lowest BCUT2D eigenvalue weighted by molar-refractivity contribution is -0.141. The average Bonchev–Trinajstić information content (AvgIpc) is 2.11. The van der Waals surface area contributed by atoms with E-state index in [2.05, 4.69) is 5.10 Å². The quantitative estimate of drug-likeness (QED) is 0.622. The van der Waals surface area contributed by atoms with Crippen molar-refractivity contribution in [2.24, 2.45) is 0 Å². The minimum absolute atomic E-state index is 1.03. The Morgan fingerprint density at radius 1 is 1.36 bits per heavy atom. The van der Waals surface area contributed by atoms with Gasteiger partial charge in [-0.15, -0.1) is 5.10 Å². The molecule has 0 aliphatic rings. The van der Waals surface area contributed by atoms with Crippen molar-refractivity contribution in [2.45, 2.75) is 6.18 Å². The summed E-state index contributed by atoms with van der Waals surface area (Å²) in [5.74, 6) is -1.35. The van der Waals surface area contributed by atoms with Crippen LogP contribution in [-0.2, 0) is 6.18 Å². The molecule has 1 N–H and O–H groups in total. The third-order valence-electron chi connectivity index (χ3n) is 0.950. The maximum Gasteiger partial charge on any atom is 0.434 e. The minimum Gasteiger partial charge on any atom is -0.269 e. The predicted molar refractivity (Wildman–Crippen MR) is 28.6 cm³/mol. The molecule has 7 heteroatoms. The van der Waals surface area contributed by atoms with E-state index in [0.29, 0.717) is 0 Å². The van der Waals surface area contributed by atoms with Gasteiger partial charge in [-0.05, 0) is 0 Å². The highest BCUT2D eigenvalue weighted by Crippen LogP contribution is 2.33. The molecule has 0 aliphatic carbocycles. The van der Waals surface area contributed by atoms with Crippen LogP contribution >= 0.6 is 11.6 Å². The molecule has 1 rings (SSSR count). The van der Waals surface area contributed by atoms with Crippen LogP contribution in [0.5, 0.6) is 0 Å². The molecule has 1 aromatic heterocycles. The number of aromatic amines is 1. The summed E-state index contributed by atoms with van der Waals surface area (Å²) in [5, 5.41) is 3.04. The highest BCUT2D eigenvalue weighted by molar-refractivity contribution is 6.31. The Hall–Kier alpha value is -0.780. The van der Waals surface area contributed by atoms with Gasteiger partial charge in [-0.25, -0.2) is 0 Å². The number of hydrogen-bond donors (Lipinski definition) is 1. The van der Waals surface area contributed by atoms with Gasteiger partial charge in [0.15, 0.2) is 5.69 Å². The summed E-state index contributed by atoms with van der Waals surface area (Å²) in [6.45, 7) is 0. The maximum absolute atomic E-state index is 12.1. The Kier molecular flexibility index (Phi) is 1.79. The fourth-order valence-corrected chi connectivity index (χ4v) is 0.686. The standard InChI is InChI=1S/C4HClF4N2/c5-1-2(4(7,8)9)10-11-3(1)6/h(H,10,11). The Bertz CT molecular complexity index is 266. The number of nitrogens with one attached hydrogen (secondary N) is 1. The molecule has 0 aliphatic heterocycles. The molecule has 1 heterocycles. The normalized spacial score (nSPS) is 12.1. The minimum atomic E-state index is -4.69. The molecule has 62 valence electrons. The van der Waals surface area contributed by atoms with Gasteiger partial charge in [-0.3, -0.25) is 5.10 Å². The summed E-state index contributed by atoms with van der Waals surface area (Å²) >= 11 is 4.90. The molecule has 1 aromatic rings. The lowest BCUT2D eigenvalue weighted by Crippen LogP contribution is -2.05. The van der Waals surface area contributed by atoms with Crippen LogP contribution in [0.4, 0.5) is 17.6 Å². The fraction of sp³-hybridized carbons (Fsp3) is 0.250. The van der Waals surface area contributed by atoms with Gasteiger partial charge in [-0.2, -0.15) is 17.6 Å². The third kappa shape index (κ3) is 1.45. The molecule has 0 aromatic carbocycles. The molecule has 0 amide bonds. The average molecular weight is 189 g/mol. The van der Waals surface area contributed by atoms with E-state index in [1.54, 1.807) is 0 Å². The van der Waals surface area contributed by atoms with Gasteiger partial charge in [0.2, 0.25) is 0 Å². The smallest absolute Gasteiger partial charge is 0.269 e. The summed E-state index contributed by atoms with van der Waals surface area (Å²) < 4.78 is 47.3. The number of alkyl halides is 3. The number of rotatable bonds is 0. The van der Waals surface area contributed by atoms with Crippen LogP contribution in [0.1, 0.15) is 5.69 Å². The second-order valence-electron chi connectivity index (χ2n) is 1.70. The van der Waals surface area contributed by atoms with E-state index in [9.17, 15) is 17.6 Å². The van der Waals surface area contributed by atoms with Crippen molar-refractivity contribution in [2.75, 3.05) is 0 Å². The highest BCUT2D eigenvalue weighted by Gasteiger charge is 2.37. The van der Waals surface area contributed by atoms with Crippen LogP contribution in [0.2, 0.25) is 5.02 Å². The van der Waals surface area contributed by atoms with E-state index in [0.717, 1.165) is 0 Å². The molecule has 0 bridgehead atoms. The van der Waals surface area contributed by atoms with Gasteiger partial charge in [0, 0.05) is 0 Å². The second kappa shape index (κ2) is 2.37.